The number of allylic oxidation sites excluding steroid dienone is 4. The van der Waals surface area contributed by atoms with Crippen LogP contribution in [0.1, 0.15) is 46.5 Å². The highest BCUT2D eigenvalue weighted by Crippen LogP contribution is 2.70. The van der Waals surface area contributed by atoms with E-state index in [1.807, 2.05) is 0 Å². The van der Waals surface area contributed by atoms with Gasteiger partial charge in [0.05, 0.1) is 6.10 Å². The molecular formula is C22H30F2O5. The minimum Gasteiger partial charge on any atom is -0.390 e. The number of halogens is 2. The Kier molecular flexibility index (Phi) is 5.01. The number of alkyl halides is 1. The highest BCUT2D eigenvalue weighted by atomic mass is 19.1. The number of hydrogen-bond acceptors (Lipinski definition) is 5. The van der Waals surface area contributed by atoms with Gasteiger partial charge >= 0.3 is 0 Å². The summed E-state index contributed by atoms with van der Waals surface area (Å²) in [5.41, 5.74) is -5.17. The van der Waals surface area contributed by atoms with Gasteiger partial charge in [0.25, 0.3) is 0 Å². The molecule has 0 bridgehead atoms. The van der Waals surface area contributed by atoms with Crippen molar-refractivity contribution in [1.29, 1.82) is 0 Å². The number of Topliss-reactive ketones (excluding diaryl/α,β-unsaturated/α-hetero) is 1. The van der Waals surface area contributed by atoms with Gasteiger partial charge in [-0.25, -0.2) is 4.39 Å². The number of carbonyl (C=O) groups is 2. The van der Waals surface area contributed by atoms with Crippen LogP contribution < -0.4 is 0 Å². The lowest BCUT2D eigenvalue weighted by molar-refractivity contribution is -0.219. The number of fused-ring (bicyclic) bond motifs is 5. The lowest BCUT2D eigenvalue weighted by Gasteiger charge is -2.62. The smallest absolute Gasteiger partial charge is 0.190 e. The minimum absolute atomic E-state index is 0. The van der Waals surface area contributed by atoms with Crippen LogP contribution in [0.4, 0.5) is 9.09 Å². The van der Waals surface area contributed by atoms with E-state index in [9.17, 15) is 24.9 Å². The topological polar surface area (TPSA) is 94.8 Å². The molecule has 0 spiro atoms. The molecule has 3 fully saturated rings. The molecule has 0 heterocycles. The molecule has 29 heavy (non-hydrogen) atoms. The number of aliphatic hydroxyl groups excluding tert-OH is 2. The van der Waals surface area contributed by atoms with Crippen molar-refractivity contribution < 1.29 is 34.0 Å². The second-order valence-corrected chi connectivity index (χ2v) is 9.75. The van der Waals surface area contributed by atoms with Gasteiger partial charge in [-0.05, 0) is 56.6 Å². The van der Waals surface area contributed by atoms with Crippen LogP contribution in [0.2, 0.25) is 0 Å². The van der Waals surface area contributed by atoms with Crippen LogP contribution in [0.25, 0.3) is 0 Å². The molecule has 0 aromatic rings. The van der Waals surface area contributed by atoms with Crippen LogP contribution >= 0.6 is 0 Å². The molecule has 4 aliphatic carbocycles. The van der Waals surface area contributed by atoms with Crippen molar-refractivity contribution in [3.05, 3.63) is 23.8 Å². The first-order chi connectivity index (χ1) is 13.0. The number of ketones is 2. The maximum Gasteiger partial charge on any atom is 0.190 e. The van der Waals surface area contributed by atoms with Gasteiger partial charge in [-0.2, -0.15) is 0 Å². The second-order valence-electron chi connectivity index (χ2n) is 9.75. The lowest BCUT2D eigenvalue weighted by atomic mass is 9.44. The first kappa shape index (κ1) is 22.2. The molecule has 7 heteroatoms. The van der Waals surface area contributed by atoms with E-state index in [2.05, 4.69) is 0 Å². The summed E-state index contributed by atoms with van der Waals surface area (Å²) >= 11 is 0. The maximum atomic E-state index is 16.9. The van der Waals surface area contributed by atoms with Crippen LogP contribution in [0.5, 0.6) is 0 Å². The number of aliphatic hydroxyl groups is 3. The Labute approximate surface area is 169 Å². The fourth-order valence-corrected chi connectivity index (χ4v) is 7.26. The summed E-state index contributed by atoms with van der Waals surface area (Å²) in [6.07, 6.45) is 4.44. The lowest BCUT2D eigenvalue weighted by Crippen LogP contribution is -2.69. The van der Waals surface area contributed by atoms with Gasteiger partial charge in [0.2, 0.25) is 0 Å². The van der Waals surface area contributed by atoms with Crippen LogP contribution in [-0.4, -0.2) is 50.9 Å². The number of carbonyl (C=O) groups excluding carboxylic acids is 2. The number of hydrogen-bond donors (Lipinski definition) is 3. The third-order valence-electron chi connectivity index (χ3n) is 8.79. The molecular weight excluding hydrogens is 382 g/mol. The van der Waals surface area contributed by atoms with Crippen LogP contribution in [0, 0.1) is 28.6 Å². The molecule has 8 atom stereocenters. The Morgan fingerprint density at radius 1 is 1.31 bits per heavy atom. The fraction of sp³-hybridized carbons (Fsp3) is 0.727. The summed E-state index contributed by atoms with van der Waals surface area (Å²) in [6.45, 7) is 4.48. The van der Waals surface area contributed by atoms with E-state index in [4.69, 9.17) is 0 Å². The quantitative estimate of drug-likeness (QED) is 0.645. The molecule has 4 aliphatic rings. The van der Waals surface area contributed by atoms with E-state index < -0.39 is 52.4 Å². The average molecular weight is 412 g/mol. The Bertz CT molecular complexity index is 809. The summed E-state index contributed by atoms with van der Waals surface area (Å²) in [5.74, 6) is -2.12. The monoisotopic (exact) mass is 412 g/mol. The van der Waals surface area contributed by atoms with E-state index in [-0.39, 0.29) is 22.8 Å². The predicted octanol–water partition coefficient (Wildman–Crippen LogP) is 2.05. The van der Waals surface area contributed by atoms with Gasteiger partial charge in [-0.15, -0.1) is 0 Å². The zero-order chi connectivity index (χ0) is 20.7. The standard InChI is InChI=1S/C22H29FO5.FH/c1-12-8-16-15-5-4-13-9-14(25)6-7-19(13,2)21(15,23)17(26)10-20(16,3)22(12,28)18(27)11-24;/h6-7,9,12,15-17,24,26,28H,4-5,8,10-11H2,1-3H3;1H/t12-,15-,16-,17-,19-,20-,21-,22-;/m0./s1. The van der Waals surface area contributed by atoms with Crippen LogP contribution in [0.15, 0.2) is 23.8 Å². The molecule has 0 aromatic heterocycles. The van der Waals surface area contributed by atoms with Crippen molar-refractivity contribution >= 4 is 11.6 Å². The highest BCUT2D eigenvalue weighted by molar-refractivity contribution is 6.01. The molecule has 0 saturated heterocycles. The summed E-state index contributed by atoms with van der Waals surface area (Å²) in [5, 5.41) is 32.0. The van der Waals surface area contributed by atoms with Crippen LogP contribution in [-0.2, 0) is 9.59 Å². The van der Waals surface area contributed by atoms with Crippen molar-refractivity contribution in [3.8, 4) is 0 Å². The molecule has 3 saturated carbocycles. The molecule has 0 radical (unpaired) electrons. The Balaban J connectivity index is 0.00000240. The second kappa shape index (κ2) is 6.53. The molecule has 4 rings (SSSR count). The summed E-state index contributed by atoms with van der Waals surface area (Å²) in [4.78, 5) is 24.4. The van der Waals surface area contributed by atoms with Crippen LogP contribution in [0.3, 0.4) is 0 Å². The van der Waals surface area contributed by atoms with E-state index in [0.717, 1.165) is 0 Å². The van der Waals surface area contributed by atoms with Gasteiger partial charge in [-0.1, -0.05) is 25.5 Å². The number of rotatable bonds is 2. The molecule has 3 N–H and O–H groups in total. The predicted molar refractivity (Wildman–Crippen MR) is 102 cm³/mol. The Morgan fingerprint density at radius 3 is 2.59 bits per heavy atom. The van der Waals surface area contributed by atoms with Crippen molar-refractivity contribution in [2.24, 2.45) is 28.6 Å². The van der Waals surface area contributed by atoms with E-state index in [0.29, 0.717) is 24.8 Å². The third-order valence-corrected chi connectivity index (χ3v) is 8.79. The molecule has 162 valence electrons. The van der Waals surface area contributed by atoms with E-state index >= 15 is 4.39 Å². The van der Waals surface area contributed by atoms with Crippen molar-refractivity contribution in [2.75, 3.05) is 6.61 Å². The molecule has 0 amide bonds. The first-order valence-electron chi connectivity index (χ1n) is 10.1. The van der Waals surface area contributed by atoms with Gasteiger partial charge < -0.3 is 15.3 Å². The van der Waals surface area contributed by atoms with Crippen molar-refractivity contribution in [3.63, 3.8) is 0 Å². The molecule has 0 aliphatic heterocycles. The zero-order valence-corrected chi connectivity index (χ0v) is 17.0. The summed E-state index contributed by atoms with van der Waals surface area (Å²) in [7, 11) is 0. The Hall–Kier alpha value is -1.44. The van der Waals surface area contributed by atoms with Gasteiger partial charge in [0.15, 0.2) is 17.2 Å². The SMILES string of the molecule is C[C@H]1C[C@H]2[C@@H]3CCC4=CC(=O)C=C[C@]4(C)[C@@]3(F)[C@@H](O)C[C@]2(C)[C@@]1(O)C(=O)CO.F. The van der Waals surface area contributed by atoms with E-state index in [1.54, 1.807) is 26.8 Å². The average Bonchev–Trinajstić information content (AvgIpc) is 2.84. The third kappa shape index (κ3) is 2.35. The zero-order valence-electron chi connectivity index (χ0n) is 17.0. The summed E-state index contributed by atoms with van der Waals surface area (Å²) < 4.78 is 16.9. The molecule has 5 nitrogen and oxygen atoms in total. The van der Waals surface area contributed by atoms with Gasteiger partial charge in [-0.3, -0.25) is 14.3 Å². The first-order valence-corrected chi connectivity index (χ1v) is 10.1. The van der Waals surface area contributed by atoms with Gasteiger partial charge in [0.1, 0.15) is 12.2 Å². The Morgan fingerprint density at radius 2 is 1.97 bits per heavy atom. The van der Waals surface area contributed by atoms with Crippen molar-refractivity contribution in [1.82, 2.24) is 0 Å². The molecule has 0 aromatic carbocycles. The van der Waals surface area contributed by atoms with Gasteiger partial charge in [0, 0.05) is 16.7 Å². The molecule has 0 unspecified atom stereocenters. The minimum atomic E-state index is -1.98. The normalized spacial score (nSPS) is 50.7. The summed E-state index contributed by atoms with van der Waals surface area (Å²) in [6, 6.07) is 0. The maximum absolute atomic E-state index is 16.9. The van der Waals surface area contributed by atoms with Crippen molar-refractivity contribution in [2.45, 2.75) is 63.8 Å². The van der Waals surface area contributed by atoms with E-state index in [1.165, 1.54) is 12.2 Å². The largest absolute Gasteiger partial charge is 0.390 e. The fourth-order valence-electron chi connectivity index (χ4n) is 7.26. The highest BCUT2D eigenvalue weighted by Gasteiger charge is 2.75.